The van der Waals surface area contributed by atoms with Crippen molar-refractivity contribution in [2.45, 2.75) is 31.2 Å². The lowest BCUT2D eigenvalue weighted by Gasteiger charge is -2.19. The molecule has 0 saturated heterocycles. The van der Waals surface area contributed by atoms with Crippen molar-refractivity contribution in [1.82, 2.24) is 4.72 Å². The summed E-state index contributed by atoms with van der Waals surface area (Å²) < 4.78 is 33.1. The molecule has 134 valence electrons. The summed E-state index contributed by atoms with van der Waals surface area (Å²) in [5, 5.41) is 11.1. The summed E-state index contributed by atoms with van der Waals surface area (Å²) in [6.07, 6.45) is 0.492. The van der Waals surface area contributed by atoms with Gasteiger partial charge in [-0.3, -0.25) is 10.1 Å². The fourth-order valence-electron chi connectivity index (χ4n) is 2.59. The van der Waals surface area contributed by atoms with E-state index in [9.17, 15) is 18.5 Å². The van der Waals surface area contributed by atoms with E-state index in [1.807, 2.05) is 19.9 Å². The van der Waals surface area contributed by atoms with E-state index in [4.69, 9.17) is 4.74 Å². The largest absolute Gasteiger partial charge is 0.496 e. The number of rotatable bonds is 7. The number of nitrogens with one attached hydrogen (secondary N) is 1. The Kier molecular flexibility index (Phi) is 5.76. The smallest absolute Gasteiger partial charge is 0.289 e. The molecule has 7 nitrogen and oxygen atoms in total. The van der Waals surface area contributed by atoms with Crippen LogP contribution in [0.25, 0.3) is 0 Å². The minimum Gasteiger partial charge on any atom is -0.496 e. The Balaban J connectivity index is 2.38. The number of aryl methyl sites for hydroxylation is 1. The molecule has 0 aliphatic carbocycles. The molecule has 25 heavy (non-hydrogen) atoms. The molecule has 1 atom stereocenters. The van der Waals surface area contributed by atoms with E-state index in [2.05, 4.69) is 4.72 Å². The van der Waals surface area contributed by atoms with Crippen LogP contribution < -0.4 is 9.46 Å². The normalized spacial score (nSPS) is 12.6. The maximum atomic E-state index is 12.7. The predicted octanol–water partition coefficient (Wildman–Crippen LogP) is 3.34. The molecule has 0 spiro atoms. The minimum absolute atomic E-state index is 0.344. The van der Waals surface area contributed by atoms with Crippen LogP contribution in [0.3, 0.4) is 0 Å². The Morgan fingerprint density at radius 2 is 1.92 bits per heavy atom. The first-order chi connectivity index (χ1) is 11.8. The number of benzene rings is 2. The summed E-state index contributed by atoms with van der Waals surface area (Å²) in [7, 11) is -2.48. The van der Waals surface area contributed by atoms with Gasteiger partial charge in [0.25, 0.3) is 5.69 Å². The van der Waals surface area contributed by atoms with Gasteiger partial charge in [0, 0.05) is 12.1 Å². The standard InChI is InChI=1S/C17H20N2O5S/c1-4-14(13-9-10-16(24-3)12(2)11-13)18-25(22,23)17-8-6-5-7-15(17)19(20)21/h5-11,14,18H,4H2,1-3H3/t14-/m0/s1. The van der Waals surface area contributed by atoms with Crippen molar-refractivity contribution in [2.75, 3.05) is 7.11 Å². The van der Waals surface area contributed by atoms with E-state index in [0.717, 1.165) is 11.1 Å². The van der Waals surface area contributed by atoms with E-state index in [0.29, 0.717) is 12.2 Å². The molecule has 0 amide bonds. The number of nitro groups is 1. The van der Waals surface area contributed by atoms with Gasteiger partial charge in [-0.1, -0.05) is 31.2 Å². The van der Waals surface area contributed by atoms with Crippen LogP contribution in [0, 0.1) is 17.0 Å². The second-order valence-corrected chi connectivity index (χ2v) is 7.22. The van der Waals surface area contributed by atoms with Crippen molar-refractivity contribution < 1.29 is 18.1 Å². The van der Waals surface area contributed by atoms with Gasteiger partial charge in [-0.25, -0.2) is 13.1 Å². The van der Waals surface area contributed by atoms with E-state index in [-0.39, 0.29) is 4.90 Å². The van der Waals surface area contributed by atoms with Gasteiger partial charge in [0.15, 0.2) is 4.90 Å². The van der Waals surface area contributed by atoms with E-state index < -0.39 is 26.7 Å². The Bertz CT molecular complexity index is 880. The maximum absolute atomic E-state index is 12.7. The van der Waals surface area contributed by atoms with Crippen molar-refractivity contribution in [3.05, 3.63) is 63.7 Å². The fourth-order valence-corrected chi connectivity index (χ4v) is 4.07. The second-order valence-electron chi connectivity index (χ2n) is 5.54. The predicted molar refractivity (Wildman–Crippen MR) is 94.2 cm³/mol. The summed E-state index contributed by atoms with van der Waals surface area (Å²) in [6.45, 7) is 3.71. The van der Waals surface area contributed by atoms with Gasteiger partial charge < -0.3 is 4.74 Å². The average Bonchev–Trinajstić information content (AvgIpc) is 2.59. The molecule has 0 saturated carbocycles. The molecular formula is C17H20N2O5S. The van der Waals surface area contributed by atoms with Crippen LogP contribution in [-0.4, -0.2) is 20.5 Å². The van der Waals surface area contributed by atoms with E-state index >= 15 is 0 Å². The summed E-state index contributed by atoms with van der Waals surface area (Å²) in [5.74, 6) is 0.708. The summed E-state index contributed by atoms with van der Waals surface area (Å²) in [6, 6.07) is 10.2. The first-order valence-electron chi connectivity index (χ1n) is 7.70. The third kappa shape index (κ3) is 4.15. The zero-order chi connectivity index (χ0) is 18.6. The molecule has 0 aliphatic heterocycles. The lowest BCUT2D eigenvalue weighted by atomic mass is 10.0. The summed E-state index contributed by atoms with van der Waals surface area (Å²) in [5.41, 5.74) is 1.20. The molecule has 2 rings (SSSR count). The first-order valence-corrected chi connectivity index (χ1v) is 9.18. The van der Waals surface area contributed by atoms with E-state index in [1.54, 1.807) is 19.2 Å². The first kappa shape index (κ1) is 18.9. The summed E-state index contributed by atoms with van der Waals surface area (Å²) in [4.78, 5) is 10.1. The lowest BCUT2D eigenvalue weighted by Crippen LogP contribution is -2.29. The maximum Gasteiger partial charge on any atom is 0.289 e. The van der Waals surface area contributed by atoms with Gasteiger partial charge in [-0.15, -0.1) is 0 Å². The highest BCUT2D eigenvalue weighted by Crippen LogP contribution is 2.28. The van der Waals surface area contributed by atoms with Crippen LogP contribution in [0.1, 0.15) is 30.5 Å². The summed E-state index contributed by atoms with van der Waals surface area (Å²) >= 11 is 0. The van der Waals surface area contributed by atoms with Gasteiger partial charge in [0.1, 0.15) is 5.75 Å². The zero-order valence-corrected chi connectivity index (χ0v) is 15.0. The third-order valence-corrected chi connectivity index (χ3v) is 5.40. The van der Waals surface area contributed by atoms with Crippen molar-refractivity contribution in [2.24, 2.45) is 0 Å². The van der Waals surface area contributed by atoms with Crippen LogP contribution in [-0.2, 0) is 10.0 Å². The van der Waals surface area contributed by atoms with Crippen molar-refractivity contribution in [3.8, 4) is 5.75 Å². The van der Waals surface area contributed by atoms with Crippen LogP contribution in [0.2, 0.25) is 0 Å². The van der Waals surface area contributed by atoms with Crippen molar-refractivity contribution in [3.63, 3.8) is 0 Å². The molecule has 8 heteroatoms. The average molecular weight is 364 g/mol. The Morgan fingerprint density at radius 3 is 2.48 bits per heavy atom. The third-order valence-electron chi connectivity index (χ3n) is 3.88. The number of nitrogens with zero attached hydrogens (tertiary/aromatic N) is 1. The van der Waals surface area contributed by atoms with Crippen LogP contribution in [0.4, 0.5) is 5.69 Å². The lowest BCUT2D eigenvalue weighted by molar-refractivity contribution is -0.387. The minimum atomic E-state index is -4.05. The number of hydrogen-bond donors (Lipinski definition) is 1. The molecule has 2 aromatic rings. The Hall–Kier alpha value is -2.45. The zero-order valence-electron chi connectivity index (χ0n) is 14.2. The Labute approximate surface area is 146 Å². The second kappa shape index (κ2) is 7.62. The van der Waals surface area contributed by atoms with Gasteiger partial charge in [-0.05, 0) is 36.6 Å². The fraction of sp³-hybridized carbons (Fsp3) is 0.294. The quantitative estimate of drug-likeness (QED) is 0.600. The molecule has 0 heterocycles. The molecule has 0 unspecified atom stereocenters. The highest BCUT2D eigenvalue weighted by molar-refractivity contribution is 7.89. The van der Waals surface area contributed by atoms with Gasteiger partial charge in [0.05, 0.1) is 12.0 Å². The van der Waals surface area contributed by atoms with Gasteiger partial charge in [-0.2, -0.15) is 0 Å². The topological polar surface area (TPSA) is 98.5 Å². The molecular weight excluding hydrogens is 344 g/mol. The number of ether oxygens (including phenoxy) is 1. The number of methoxy groups -OCH3 is 1. The molecule has 0 fully saturated rings. The van der Waals surface area contributed by atoms with Crippen LogP contribution >= 0.6 is 0 Å². The van der Waals surface area contributed by atoms with Crippen LogP contribution in [0.5, 0.6) is 5.75 Å². The number of para-hydroxylation sites is 1. The molecule has 0 aromatic heterocycles. The SMILES string of the molecule is CC[C@H](NS(=O)(=O)c1ccccc1[N+](=O)[O-])c1ccc(OC)c(C)c1. The van der Waals surface area contributed by atoms with Crippen molar-refractivity contribution >= 4 is 15.7 Å². The molecule has 0 aliphatic rings. The van der Waals surface area contributed by atoms with Crippen molar-refractivity contribution in [1.29, 1.82) is 0 Å². The van der Waals surface area contributed by atoms with Gasteiger partial charge >= 0.3 is 0 Å². The number of hydrogen-bond acceptors (Lipinski definition) is 5. The van der Waals surface area contributed by atoms with Crippen LogP contribution in [0.15, 0.2) is 47.4 Å². The molecule has 0 bridgehead atoms. The monoisotopic (exact) mass is 364 g/mol. The number of sulfonamides is 1. The van der Waals surface area contributed by atoms with E-state index in [1.165, 1.54) is 24.3 Å². The molecule has 0 radical (unpaired) electrons. The number of nitro benzene ring substituents is 1. The Morgan fingerprint density at radius 1 is 1.24 bits per heavy atom. The van der Waals surface area contributed by atoms with Gasteiger partial charge in [0.2, 0.25) is 10.0 Å². The highest BCUT2D eigenvalue weighted by atomic mass is 32.2. The molecule has 1 N–H and O–H groups in total. The highest BCUT2D eigenvalue weighted by Gasteiger charge is 2.27. The molecule has 2 aromatic carbocycles.